The Bertz CT molecular complexity index is 1720. The molecule has 0 saturated carbocycles. The number of carbonyl (C=O) groups is 1. The number of hydrogen-bond acceptors (Lipinski definition) is 3. The zero-order valence-corrected chi connectivity index (χ0v) is 22.3. The number of nitrogens with zero attached hydrogens (tertiary/aromatic N) is 3. The number of pyridine rings is 1. The third-order valence-corrected chi connectivity index (χ3v) is 7.16. The van der Waals surface area contributed by atoms with Crippen LogP contribution in [-0.2, 0) is 13.5 Å². The van der Waals surface area contributed by atoms with E-state index in [1.165, 1.54) is 0 Å². The minimum Gasteiger partial charge on any atom is -0.352 e. The molecule has 0 bridgehead atoms. The largest absolute Gasteiger partial charge is 0.352 e. The van der Waals surface area contributed by atoms with E-state index in [0.29, 0.717) is 24.1 Å². The van der Waals surface area contributed by atoms with E-state index < -0.39 is 0 Å². The quantitative estimate of drug-likeness (QED) is 0.332. The van der Waals surface area contributed by atoms with Crippen LogP contribution in [0.5, 0.6) is 0 Å². The molecule has 5 rings (SSSR count). The molecule has 0 aliphatic carbocycles. The molecule has 3 heterocycles. The fourth-order valence-electron chi connectivity index (χ4n) is 5.27. The predicted molar refractivity (Wildman–Crippen MR) is 149 cm³/mol. The molecule has 0 aliphatic heterocycles. The van der Waals surface area contributed by atoms with Crippen molar-refractivity contribution in [2.45, 2.75) is 47.1 Å². The average Bonchev–Trinajstić information content (AvgIpc) is 3.39. The molecule has 37 heavy (non-hydrogen) atoms. The molecule has 7 heteroatoms. The molecule has 1 amide bonds. The molecule has 0 fully saturated rings. The second-order valence-corrected chi connectivity index (χ2v) is 10.2. The van der Waals surface area contributed by atoms with E-state index in [1.807, 2.05) is 43.9 Å². The summed E-state index contributed by atoms with van der Waals surface area (Å²) in [5.74, 6) is -0.140. The lowest BCUT2D eigenvalue weighted by Crippen LogP contribution is -2.28. The van der Waals surface area contributed by atoms with Crippen LogP contribution in [0.25, 0.3) is 32.9 Å². The second-order valence-electron chi connectivity index (χ2n) is 10.2. The molecular formula is C30H33N5O2. The highest BCUT2D eigenvalue weighted by Gasteiger charge is 2.19. The van der Waals surface area contributed by atoms with Gasteiger partial charge >= 0.3 is 0 Å². The zero-order valence-electron chi connectivity index (χ0n) is 22.3. The van der Waals surface area contributed by atoms with Crippen molar-refractivity contribution in [1.82, 2.24) is 24.6 Å². The van der Waals surface area contributed by atoms with E-state index in [1.54, 1.807) is 0 Å². The van der Waals surface area contributed by atoms with Crippen LogP contribution in [0.1, 0.15) is 52.6 Å². The number of aryl methyl sites for hydroxylation is 4. The summed E-state index contributed by atoms with van der Waals surface area (Å²) < 4.78 is 4.09. The van der Waals surface area contributed by atoms with Crippen LogP contribution < -0.4 is 10.9 Å². The van der Waals surface area contributed by atoms with Gasteiger partial charge in [0.25, 0.3) is 11.5 Å². The summed E-state index contributed by atoms with van der Waals surface area (Å²) in [7, 11) is 1.93. The number of fused-ring (bicyclic) bond motifs is 2. The first-order valence-electron chi connectivity index (χ1n) is 12.7. The maximum atomic E-state index is 13.6. The average molecular weight is 496 g/mol. The van der Waals surface area contributed by atoms with Gasteiger partial charge in [-0.15, -0.1) is 0 Å². The van der Waals surface area contributed by atoms with Crippen molar-refractivity contribution in [3.05, 3.63) is 87.1 Å². The fourth-order valence-corrected chi connectivity index (χ4v) is 5.27. The van der Waals surface area contributed by atoms with Crippen molar-refractivity contribution in [2.75, 3.05) is 6.54 Å². The minimum atomic E-state index is -0.140. The van der Waals surface area contributed by atoms with Crippen LogP contribution in [0.3, 0.4) is 0 Å². The number of aromatic nitrogens is 4. The zero-order chi connectivity index (χ0) is 26.4. The number of hydrogen-bond donors (Lipinski definition) is 2. The maximum Gasteiger partial charge on any atom is 0.252 e. The van der Waals surface area contributed by atoms with Gasteiger partial charge in [0.1, 0.15) is 0 Å². The van der Waals surface area contributed by atoms with Crippen LogP contribution >= 0.6 is 0 Å². The molecule has 0 radical (unpaired) electrons. The number of aromatic amines is 1. The van der Waals surface area contributed by atoms with Gasteiger partial charge in [-0.3, -0.25) is 14.3 Å². The lowest BCUT2D eigenvalue weighted by Gasteiger charge is -2.14. The van der Waals surface area contributed by atoms with E-state index in [-0.39, 0.29) is 17.5 Å². The van der Waals surface area contributed by atoms with Gasteiger partial charge in [-0.25, -0.2) is 0 Å². The molecular weight excluding hydrogens is 462 g/mol. The SMILES string of the molecule is Cc1cc(C)c(CCNC(=O)c2cc(-c3ccc4cnn(C)c4c3)cc3c2c(C)cn3C(C)C)c(=O)[nH]1. The van der Waals surface area contributed by atoms with Gasteiger partial charge in [-0.1, -0.05) is 12.1 Å². The summed E-state index contributed by atoms with van der Waals surface area (Å²) in [5, 5.41) is 9.48. The Morgan fingerprint density at radius 1 is 1.03 bits per heavy atom. The molecule has 2 N–H and O–H groups in total. The van der Waals surface area contributed by atoms with Crippen molar-refractivity contribution >= 4 is 27.7 Å². The summed E-state index contributed by atoms with van der Waals surface area (Å²) in [4.78, 5) is 28.9. The Kier molecular flexibility index (Phi) is 6.23. The van der Waals surface area contributed by atoms with Crippen LogP contribution in [0.15, 0.2) is 53.6 Å². The van der Waals surface area contributed by atoms with Crippen LogP contribution in [-0.4, -0.2) is 31.8 Å². The standard InChI is InChI=1S/C30H33N5O2/c1-17(2)35-16-19(4)28-25(29(36)31-10-9-24-18(3)11-20(5)33-30(24)37)12-23(14-27(28)35)21-7-8-22-15-32-34(6)26(22)13-21/h7-8,11-17H,9-10H2,1-6H3,(H,31,36)(H,33,37). The molecule has 3 aromatic heterocycles. The van der Waals surface area contributed by atoms with Crippen molar-refractivity contribution in [2.24, 2.45) is 7.05 Å². The lowest BCUT2D eigenvalue weighted by molar-refractivity contribution is 0.0955. The summed E-state index contributed by atoms with van der Waals surface area (Å²) in [6.45, 7) is 10.5. The monoisotopic (exact) mass is 495 g/mol. The van der Waals surface area contributed by atoms with E-state index in [4.69, 9.17) is 0 Å². The maximum absolute atomic E-state index is 13.6. The van der Waals surface area contributed by atoms with Crippen molar-refractivity contribution in [3.63, 3.8) is 0 Å². The number of benzene rings is 2. The molecule has 0 saturated heterocycles. The van der Waals surface area contributed by atoms with Crippen molar-refractivity contribution < 1.29 is 4.79 Å². The number of carbonyl (C=O) groups excluding carboxylic acids is 1. The highest BCUT2D eigenvalue weighted by Crippen LogP contribution is 2.34. The lowest BCUT2D eigenvalue weighted by atomic mass is 9.97. The first kappa shape index (κ1) is 24.6. The first-order valence-corrected chi connectivity index (χ1v) is 12.7. The third-order valence-electron chi connectivity index (χ3n) is 7.16. The van der Waals surface area contributed by atoms with Crippen LogP contribution in [0, 0.1) is 20.8 Å². The number of H-pyrrole nitrogens is 1. The molecule has 0 unspecified atom stereocenters. The van der Waals surface area contributed by atoms with Gasteiger partial charge in [0.05, 0.1) is 11.7 Å². The summed E-state index contributed by atoms with van der Waals surface area (Å²) >= 11 is 0. The van der Waals surface area contributed by atoms with Gasteiger partial charge in [0, 0.05) is 58.9 Å². The Balaban J connectivity index is 1.55. The minimum absolute atomic E-state index is 0.0912. The van der Waals surface area contributed by atoms with Gasteiger partial charge in [-0.2, -0.15) is 5.10 Å². The molecule has 2 aromatic carbocycles. The van der Waals surface area contributed by atoms with Gasteiger partial charge in [0.15, 0.2) is 0 Å². The van der Waals surface area contributed by atoms with Crippen molar-refractivity contribution in [1.29, 1.82) is 0 Å². The summed E-state index contributed by atoms with van der Waals surface area (Å²) in [6.07, 6.45) is 4.45. The van der Waals surface area contributed by atoms with E-state index in [9.17, 15) is 9.59 Å². The Morgan fingerprint density at radius 3 is 2.51 bits per heavy atom. The van der Waals surface area contributed by atoms with Gasteiger partial charge < -0.3 is 14.9 Å². The van der Waals surface area contributed by atoms with Gasteiger partial charge in [-0.05, 0) is 87.6 Å². The molecule has 7 nitrogen and oxygen atoms in total. The number of nitrogens with one attached hydrogen (secondary N) is 2. The van der Waals surface area contributed by atoms with Crippen molar-refractivity contribution in [3.8, 4) is 11.1 Å². The number of rotatable bonds is 6. The first-order chi connectivity index (χ1) is 17.6. The van der Waals surface area contributed by atoms with Gasteiger partial charge in [0.2, 0.25) is 0 Å². The van der Waals surface area contributed by atoms with Crippen LogP contribution in [0.2, 0.25) is 0 Å². The molecule has 0 atom stereocenters. The fraction of sp³-hybridized carbons (Fsp3) is 0.300. The topological polar surface area (TPSA) is 84.7 Å². The number of amides is 1. The molecule has 0 spiro atoms. The molecule has 0 aliphatic rings. The molecule has 190 valence electrons. The smallest absolute Gasteiger partial charge is 0.252 e. The Labute approximate surface area is 216 Å². The third kappa shape index (κ3) is 4.46. The Hall–Kier alpha value is -4.13. The Morgan fingerprint density at radius 2 is 1.78 bits per heavy atom. The second kappa shape index (κ2) is 9.39. The van der Waals surface area contributed by atoms with E-state index >= 15 is 0 Å². The predicted octanol–water partition coefficient (Wildman–Crippen LogP) is 5.36. The van der Waals surface area contributed by atoms with E-state index in [2.05, 4.69) is 71.2 Å². The van der Waals surface area contributed by atoms with Crippen LogP contribution in [0.4, 0.5) is 0 Å². The van der Waals surface area contributed by atoms with E-state index in [0.717, 1.165) is 49.8 Å². The highest BCUT2D eigenvalue weighted by molar-refractivity contribution is 6.09. The molecule has 5 aromatic rings. The summed E-state index contributed by atoms with van der Waals surface area (Å²) in [5.41, 5.74) is 8.18. The normalized spacial score (nSPS) is 11.6. The summed E-state index contributed by atoms with van der Waals surface area (Å²) in [6, 6.07) is 12.6. The highest BCUT2D eigenvalue weighted by atomic mass is 16.1.